The number of fused-ring (bicyclic) bond motifs is 1. The highest BCUT2D eigenvalue weighted by molar-refractivity contribution is 7.18. The molecule has 1 amide bonds. The normalized spacial score (nSPS) is 27.7. The molecule has 1 spiro atoms. The van der Waals surface area contributed by atoms with Crippen molar-refractivity contribution < 1.29 is 22.7 Å². The van der Waals surface area contributed by atoms with Gasteiger partial charge >= 0.3 is 12.3 Å². The van der Waals surface area contributed by atoms with E-state index >= 15 is 0 Å². The molecule has 0 radical (unpaired) electrons. The molecular weight excluding hydrogens is 479 g/mol. The molecule has 192 valence electrons. The standard InChI is InChI=1S/C24H32F3N5O2S/c1-34-22(33)30-17-4-2-16(3-5-17)12-31-8-6-23(13-31)7-9-32(14-23)20-19-10-18(11-24(25,26)27)35-21(19)29-15-28-20/h10,15-17H,2-9,11-14H2,1H3,(H,30,33)/t16-,17+,23?. The van der Waals surface area contributed by atoms with Crippen LogP contribution in [0.5, 0.6) is 0 Å². The molecule has 1 aliphatic carbocycles. The third-order valence-corrected chi connectivity index (χ3v) is 8.90. The van der Waals surface area contributed by atoms with E-state index in [-0.39, 0.29) is 22.4 Å². The van der Waals surface area contributed by atoms with Crippen molar-refractivity contribution in [1.29, 1.82) is 0 Å². The fourth-order valence-corrected chi connectivity index (χ4v) is 7.16. The molecule has 3 aliphatic rings. The van der Waals surface area contributed by atoms with E-state index in [1.54, 1.807) is 6.07 Å². The van der Waals surface area contributed by atoms with Gasteiger partial charge in [-0.3, -0.25) is 0 Å². The van der Waals surface area contributed by atoms with Crippen LogP contribution in [0.25, 0.3) is 10.2 Å². The van der Waals surface area contributed by atoms with Crippen LogP contribution in [-0.2, 0) is 11.2 Å². The monoisotopic (exact) mass is 511 g/mol. The number of thiophene rings is 1. The zero-order valence-corrected chi connectivity index (χ0v) is 20.8. The highest BCUT2D eigenvalue weighted by Gasteiger charge is 2.44. The Kier molecular flexibility index (Phi) is 6.82. The quantitative estimate of drug-likeness (QED) is 0.632. The summed E-state index contributed by atoms with van der Waals surface area (Å²) >= 11 is 1.11. The van der Waals surface area contributed by atoms with E-state index in [2.05, 4.69) is 25.1 Å². The zero-order chi connectivity index (χ0) is 24.6. The largest absolute Gasteiger partial charge is 0.453 e. The van der Waals surface area contributed by atoms with E-state index < -0.39 is 12.6 Å². The minimum absolute atomic E-state index is 0.213. The Morgan fingerprint density at radius 2 is 1.97 bits per heavy atom. The van der Waals surface area contributed by atoms with Gasteiger partial charge < -0.3 is 19.9 Å². The number of carbonyl (C=O) groups excluding carboxylic acids is 1. The summed E-state index contributed by atoms with van der Waals surface area (Å²) in [5.41, 5.74) is 0.214. The maximum Gasteiger partial charge on any atom is 0.407 e. The lowest BCUT2D eigenvalue weighted by Gasteiger charge is -2.32. The first-order valence-electron chi connectivity index (χ1n) is 12.3. The third-order valence-electron chi connectivity index (χ3n) is 7.86. The van der Waals surface area contributed by atoms with Crippen molar-refractivity contribution in [2.24, 2.45) is 11.3 Å². The maximum absolute atomic E-state index is 12.9. The molecule has 1 saturated carbocycles. The van der Waals surface area contributed by atoms with Crippen LogP contribution in [0.1, 0.15) is 43.4 Å². The predicted octanol–water partition coefficient (Wildman–Crippen LogP) is 4.61. The highest BCUT2D eigenvalue weighted by Crippen LogP contribution is 2.43. The average molecular weight is 512 g/mol. The summed E-state index contributed by atoms with van der Waals surface area (Å²) in [6, 6.07) is 1.84. The van der Waals surface area contributed by atoms with Crippen molar-refractivity contribution in [2.45, 2.75) is 57.2 Å². The molecule has 1 atom stereocenters. The number of carbonyl (C=O) groups is 1. The molecule has 2 aliphatic heterocycles. The summed E-state index contributed by atoms with van der Waals surface area (Å²) in [7, 11) is 1.40. The second kappa shape index (κ2) is 9.72. The number of amides is 1. The topological polar surface area (TPSA) is 70.6 Å². The van der Waals surface area contributed by atoms with Crippen LogP contribution in [0.4, 0.5) is 23.8 Å². The summed E-state index contributed by atoms with van der Waals surface area (Å²) in [5.74, 6) is 1.42. The molecule has 2 saturated heterocycles. The lowest BCUT2D eigenvalue weighted by atomic mass is 9.85. The number of aromatic nitrogens is 2. The number of hydrogen-bond donors (Lipinski definition) is 1. The molecule has 11 heteroatoms. The fraction of sp³-hybridized carbons (Fsp3) is 0.708. The van der Waals surface area contributed by atoms with Gasteiger partial charge in [-0.2, -0.15) is 13.2 Å². The van der Waals surface area contributed by atoms with Crippen molar-refractivity contribution in [1.82, 2.24) is 20.2 Å². The van der Waals surface area contributed by atoms with Gasteiger partial charge in [-0.05, 0) is 57.1 Å². The van der Waals surface area contributed by atoms with Gasteiger partial charge in [-0.25, -0.2) is 14.8 Å². The van der Waals surface area contributed by atoms with E-state index in [0.717, 1.165) is 93.8 Å². The van der Waals surface area contributed by atoms with E-state index in [1.165, 1.54) is 13.4 Å². The Hall–Kier alpha value is -2.14. The molecular formula is C24H32F3N5O2S. The SMILES string of the molecule is COC(=O)N[C@H]1CC[C@@H](CN2CCC3(CCN(c4ncnc5sc(CC(F)(F)F)cc45)C3)C2)CC1. The van der Waals surface area contributed by atoms with Crippen LogP contribution in [0.3, 0.4) is 0 Å². The molecule has 7 nitrogen and oxygen atoms in total. The van der Waals surface area contributed by atoms with Gasteiger partial charge in [0.2, 0.25) is 0 Å². The van der Waals surface area contributed by atoms with Crippen LogP contribution >= 0.6 is 11.3 Å². The Balaban J connectivity index is 1.17. The number of alkyl halides is 3. The second-order valence-electron chi connectivity index (χ2n) is 10.4. The summed E-state index contributed by atoms with van der Waals surface area (Å²) in [4.78, 5) is 25.9. The third kappa shape index (κ3) is 5.66. The van der Waals surface area contributed by atoms with Gasteiger partial charge in [-0.1, -0.05) is 0 Å². The second-order valence-corrected chi connectivity index (χ2v) is 11.5. The van der Waals surface area contributed by atoms with Crippen LogP contribution in [0, 0.1) is 11.3 Å². The molecule has 2 aromatic rings. The summed E-state index contributed by atoms with van der Waals surface area (Å²) in [5, 5.41) is 3.66. The number of likely N-dealkylation sites (tertiary alicyclic amines) is 1. The van der Waals surface area contributed by atoms with E-state index in [1.807, 2.05) is 0 Å². The number of halogens is 3. The Bertz CT molecular complexity index is 1060. The minimum atomic E-state index is -4.23. The molecule has 1 N–H and O–H groups in total. The number of alkyl carbamates (subject to hydrolysis) is 1. The number of rotatable bonds is 5. The molecule has 2 aromatic heterocycles. The minimum Gasteiger partial charge on any atom is -0.453 e. The van der Waals surface area contributed by atoms with Crippen molar-refractivity contribution >= 4 is 33.5 Å². The number of hydrogen-bond acceptors (Lipinski definition) is 7. The number of methoxy groups -OCH3 is 1. The van der Waals surface area contributed by atoms with Crippen molar-refractivity contribution in [3.05, 3.63) is 17.3 Å². The summed E-state index contributed by atoms with van der Waals surface area (Å²) in [6.07, 6.45) is 2.40. The Morgan fingerprint density at radius 1 is 1.20 bits per heavy atom. The number of nitrogens with one attached hydrogen (secondary N) is 1. The van der Waals surface area contributed by atoms with Crippen LogP contribution in [0.15, 0.2) is 12.4 Å². The van der Waals surface area contributed by atoms with E-state index in [4.69, 9.17) is 4.74 Å². The van der Waals surface area contributed by atoms with Crippen molar-refractivity contribution in [3.8, 4) is 0 Å². The Labute approximate surface area is 207 Å². The van der Waals surface area contributed by atoms with Gasteiger partial charge in [0.25, 0.3) is 0 Å². The van der Waals surface area contributed by atoms with Gasteiger partial charge in [0, 0.05) is 42.5 Å². The van der Waals surface area contributed by atoms with Crippen LogP contribution in [0.2, 0.25) is 0 Å². The first-order valence-corrected chi connectivity index (χ1v) is 13.2. The number of ether oxygens (including phenoxy) is 1. The molecule has 5 rings (SSSR count). The fourth-order valence-electron chi connectivity index (χ4n) is 6.14. The van der Waals surface area contributed by atoms with E-state index in [0.29, 0.717) is 10.7 Å². The smallest absolute Gasteiger partial charge is 0.407 e. The molecule has 3 fully saturated rings. The van der Waals surface area contributed by atoms with Gasteiger partial charge in [0.05, 0.1) is 18.9 Å². The zero-order valence-electron chi connectivity index (χ0n) is 19.9. The molecule has 0 aromatic carbocycles. The first-order chi connectivity index (χ1) is 16.7. The highest BCUT2D eigenvalue weighted by atomic mass is 32.1. The summed E-state index contributed by atoms with van der Waals surface area (Å²) < 4.78 is 43.4. The Morgan fingerprint density at radius 3 is 2.71 bits per heavy atom. The van der Waals surface area contributed by atoms with Crippen molar-refractivity contribution in [2.75, 3.05) is 44.7 Å². The van der Waals surface area contributed by atoms with Crippen LogP contribution in [-0.4, -0.2) is 73.0 Å². The lowest BCUT2D eigenvalue weighted by molar-refractivity contribution is -0.126. The number of nitrogens with zero attached hydrogens (tertiary/aromatic N) is 4. The van der Waals surface area contributed by atoms with Crippen molar-refractivity contribution in [3.63, 3.8) is 0 Å². The summed E-state index contributed by atoms with van der Waals surface area (Å²) in [6.45, 7) is 4.99. The molecule has 4 heterocycles. The molecule has 0 bridgehead atoms. The lowest BCUT2D eigenvalue weighted by Crippen LogP contribution is -2.40. The van der Waals surface area contributed by atoms with Crippen LogP contribution < -0.4 is 10.2 Å². The van der Waals surface area contributed by atoms with Gasteiger partial charge in [0.1, 0.15) is 17.0 Å². The molecule has 1 unspecified atom stereocenters. The predicted molar refractivity (Wildman–Crippen MR) is 129 cm³/mol. The maximum atomic E-state index is 12.9. The van der Waals surface area contributed by atoms with E-state index in [9.17, 15) is 18.0 Å². The van der Waals surface area contributed by atoms with Gasteiger partial charge in [-0.15, -0.1) is 11.3 Å². The number of anilines is 1. The molecule has 35 heavy (non-hydrogen) atoms. The first kappa shape index (κ1) is 24.5. The average Bonchev–Trinajstić information content (AvgIpc) is 3.52. The van der Waals surface area contributed by atoms with Gasteiger partial charge in [0.15, 0.2) is 0 Å².